The van der Waals surface area contributed by atoms with Crippen LogP contribution < -0.4 is 11.1 Å². The lowest BCUT2D eigenvalue weighted by molar-refractivity contribution is -0.141. The van der Waals surface area contributed by atoms with E-state index in [2.05, 4.69) is 17.5 Å². The lowest BCUT2D eigenvalue weighted by Crippen LogP contribution is -2.55. The van der Waals surface area contributed by atoms with Gasteiger partial charge < -0.3 is 26.5 Å². The zero-order chi connectivity index (χ0) is 21.6. The van der Waals surface area contributed by atoms with Crippen molar-refractivity contribution >= 4 is 29.1 Å². The second-order valence-electron chi connectivity index (χ2n) is 9.23. The fourth-order valence-electron chi connectivity index (χ4n) is 4.01. The van der Waals surface area contributed by atoms with Crippen LogP contribution in [0.25, 0.3) is 0 Å². The lowest BCUT2D eigenvalue weighted by Gasteiger charge is -2.33. The van der Waals surface area contributed by atoms with Gasteiger partial charge in [0.05, 0.1) is 17.7 Å². The Balaban J connectivity index is 1.96. The van der Waals surface area contributed by atoms with Gasteiger partial charge in [-0.3, -0.25) is 9.59 Å². The van der Waals surface area contributed by atoms with Crippen LogP contribution in [-0.2, 0) is 9.59 Å². The third-order valence-corrected chi connectivity index (χ3v) is 6.64. The fourth-order valence-corrected chi connectivity index (χ4v) is 4.57. The maximum Gasteiger partial charge on any atom is 0.242 e. The largest absolute Gasteiger partial charge is 0.391 e. The molecule has 1 aliphatic carbocycles. The Morgan fingerprint density at radius 1 is 1.34 bits per heavy atom. The van der Waals surface area contributed by atoms with E-state index < -0.39 is 23.6 Å². The summed E-state index contributed by atoms with van der Waals surface area (Å²) in [7, 11) is 0. The van der Waals surface area contributed by atoms with Crippen molar-refractivity contribution in [1.82, 2.24) is 10.2 Å². The molecule has 0 saturated carbocycles. The van der Waals surface area contributed by atoms with Gasteiger partial charge in [0, 0.05) is 19.5 Å². The number of carbonyl (C=O) groups is 2. The highest BCUT2D eigenvalue weighted by Crippen LogP contribution is 2.29. The quantitative estimate of drug-likeness (QED) is 0.205. The molecule has 0 aromatic heterocycles. The van der Waals surface area contributed by atoms with E-state index in [0.717, 1.165) is 25.0 Å². The number of aliphatic hydroxyl groups excluding tert-OH is 1. The summed E-state index contributed by atoms with van der Waals surface area (Å²) in [5, 5.41) is 20.3. The van der Waals surface area contributed by atoms with Crippen LogP contribution in [0, 0.1) is 22.7 Å². The molecule has 5 N–H and O–H groups in total. The Labute approximate surface area is 178 Å². The molecule has 1 saturated heterocycles. The second-order valence-corrected chi connectivity index (χ2v) is 10.2. The number of nitrogens with one attached hydrogen (secondary N) is 2. The van der Waals surface area contributed by atoms with Gasteiger partial charge >= 0.3 is 0 Å². The third-order valence-electron chi connectivity index (χ3n) is 6.00. The first-order chi connectivity index (χ1) is 13.6. The van der Waals surface area contributed by atoms with E-state index in [4.69, 9.17) is 11.1 Å². The zero-order valence-corrected chi connectivity index (χ0v) is 18.6. The van der Waals surface area contributed by atoms with Crippen molar-refractivity contribution in [3.05, 3.63) is 12.2 Å². The molecule has 0 aromatic rings. The second kappa shape index (κ2) is 10.6. The summed E-state index contributed by atoms with van der Waals surface area (Å²) >= 11 is 1.50. The van der Waals surface area contributed by atoms with E-state index in [-0.39, 0.29) is 24.8 Å². The normalized spacial score (nSPS) is 28.2. The summed E-state index contributed by atoms with van der Waals surface area (Å²) in [6.45, 7) is 6.39. The van der Waals surface area contributed by atoms with Crippen molar-refractivity contribution in [2.45, 2.75) is 64.6 Å². The van der Waals surface area contributed by atoms with Gasteiger partial charge in [-0.05, 0) is 42.3 Å². The first kappa shape index (κ1) is 23.9. The van der Waals surface area contributed by atoms with Crippen molar-refractivity contribution in [2.75, 3.05) is 18.8 Å². The molecule has 1 aliphatic heterocycles. The van der Waals surface area contributed by atoms with Crippen molar-refractivity contribution in [3.63, 3.8) is 0 Å². The third kappa shape index (κ3) is 6.55. The average molecular weight is 425 g/mol. The van der Waals surface area contributed by atoms with Gasteiger partial charge in [-0.1, -0.05) is 32.9 Å². The molecule has 8 heteroatoms. The molecule has 0 aromatic carbocycles. The minimum Gasteiger partial charge on any atom is -0.391 e. The van der Waals surface area contributed by atoms with E-state index in [1.54, 1.807) is 0 Å². The van der Waals surface area contributed by atoms with Crippen LogP contribution in [-0.4, -0.2) is 64.4 Å². The Hall–Kier alpha value is -1.38. The van der Waals surface area contributed by atoms with Crippen molar-refractivity contribution in [3.8, 4) is 0 Å². The summed E-state index contributed by atoms with van der Waals surface area (Å²) in [6, 6.07) is -1.39. The summed E-state index contributed by atoms with van der Waals surface area (Å²) in [5.41, 5.74) is 7.07. The van der Waals surface area contributed by atoms with Crippen LogP contribution in [0.15, 0.2) is 12.2 Å². The van der Waals surface area contributed by atoms with Gasteiger partial charge in [-0.25, -0.2) is 0 Å². The molecule has 2 aliphatic rings. The highest BCUT2D eigenvalue weighted by atomic mass is 32.2. The van der Waals surface area contributed by atoms with Gasteiger partial charge in [0.25, 0.3) is 0 Å². The molecule has 2 rings (SSSR count). The maximum atomic E-state index is 12.9. The zero-order valence-electron chi connectivity index (χ0n) is 17.8. The maximum absolute atomic E-state index is 12.9. The molecule has 1 unspecified atom stereocenters. The van der Waals surface area contributed by atoms with Crippen LogP contribution in [0.5, 0.6) is 0 Å². The predicted octanol–water partition coefficient (Wildman–Crippen LogP) is 1.75. The topological polar surface area (TPSA) is 120 Å². The van der Waals surface area contributed by atoms with Crippen LogP contribution >= 0.6 is 11.8 Å². The molecule has 0 radical (unpaired) electrons. The van der Waals surface area contributed by atoms with Crippen LogP contribution in [0.3, 0.4) is 0 Å². The number of likely N-dealkylation sites (tertiary alicyclic amines) is 1. The Bertz CT molecular complexity index is 620. The number of nitrogens with zero attached hydrogens (tertiary/aromatic N) is 1. The summed E-state index contributed by atoms with van der Waals surface area (Å²) in [5.74, 6) is 1.25. The molecule has 7 nitrogen and oxygen atoms in total. The predicted molar refractivity (Wildman–Crippen MR) is 118 cm³/mol. The van der Waals surface area contributed by atoms with Crippen LogP contribution in [0.1, 0.15) is 46.5 Å². The fraction of sp³-hybridized carbons (Fsp3) is 0.762. The van der Waals surface area contributed by atoms with Gasteiger partial charge in [-0.2, -0.15) is 0 Å². The molecule has 2 amide bonds. The van der Waals surface area contributed by atoms with Gasteiger partial charge in [0.1, 0.15) is 6.04 Å². The smallest absolute Gasteiger partial charge is 0.242 e. The number of carbonyl (C=O) groups excluding carboxylic acids is 2. The summed E-state index contributed by atoms with van der Waals surface area (Å²) in [6.07, 6.45) is 6.83. The Morgan fingerprint density at radius 3 is 2.62 bits per heavy atom. The number of aliphatic hydroxyl groups is 1. The monoisotopic (exact) mass is 424 g/mol. The molecule has 5 atom stereocenters. The average Bonchev–Trinajstić information content (AvgIpc) is 3.07. The number of rotatable bonds is 8. The van der Waals surface area contributed by atoms with Crippen molar-refractivity contribution < 1.29 is 14.7 Å². The summed E-state index contributed by atoms with van der Waals surface area (Å²) < 4.78 is 0. The van der Waals surface area contributed by atoms with E-state index in [1.165, 1.54) is 22.2 Å². The molecule has 1 heterocycles. The molecular formula is C21H36N4O3S. The van der Waals surface area contributed by atoms with E-state index in [0.29, 0.717) is 18.4 Å². The Morgan fingerprint density at radius 2 is 2.00 bits per heavy atom. The first-order valence-electron chi connectivity index (χ1n) is 10.4. The Kier molecular flexibility index (Phi) is 8.73. The van der Waals surface area contributed by atoms with Crippen molar-refractivity contribution in [1.29, 1.82) is 5.41 Å². The molecule has 1 fully saturated rings. The molecule has 0 bridgehead atoms. The molecule has 29 heavy (non-hydrogen) atoms. The van der Waals surface area contributed by atoms with Crippen molar-refractivity contribution in [2.24, 2.45) is 23.0 Å². The molecular weight excluding hydrogens is 388 g/mol. The number of thioether (sulfide) groups is 1. The van der Waals surface area contributed by atoms with Gasteiger partial charge in [0.2, 0.25) is 11.8 Å². The van der Waals surface area contributed by atoms with E-state index in [9.17, 15) is 14.7 Å². The molecule has 164 valence electrons. The minimum atomic E-state index is -0.720. The standard InChI is InChI=1S/C21H36N4O3S/c1-21(2,3)18(23)20(28)25-12-16(26)10-17(25)19(27)24-11-15-7-5-4-6-14(15)8-9-29-13-22/h4-5,13-18,22,26H,6-12,23H2,1-3H3,(H,24,27)/t14-,15?,16+,17-,18+/m0/s1. The van der Waals surface area contributed by atoms with Crippen LogP contribution in [0.4, 0.5) is 0 Å². The van der Waals surface area contributed by atoms with E-state index in [1.807, 2.05) is 20.8 Å². The van der Waals surface area contributed by atoms with Gasteiger partial charge in [-0.15, -0.1) is 11.8 Å². The number of allylic oxidation sites excluding steroid dienone is 2. The number of amides is 2. The first-order valence-corrected chi connectivity index (χ1v) is 11.5. The SMILES string of the molecule is CC(C)(C)[C@H](N)C(=O)N1C[C@H](O)C[C@H]1C(=O)NCC1CC=CC[C@H]1CCSC=N. The number of β-amino-alcohol motifs (C(OH)–C–C–N with tert-alkyl or cyclic N) is 1. The minimum absolute atomic E-state index is 0.149. The number of nitrogens with two attached hydrogens (primary N) is 1. The lowest BCUT2D eigenvalue weighted by atomic mass is 9.81. The molecule has 0 spiro atoms. The highest BCUT2D eigenvalue weighted by Gasteiger charge is 2.42. The number of hydrogen-bond acceptors (Lipinski definition) is 6. The number of hydrogen-bond donors (Lipinski definition) is 4. The summed E-state index contributed by atoms with van der Waals surface area (Å²) in [4.78, 5) is 27.2. The highest BCUT2D eigenvalue weighted by molar-refractivity contribution is 8.11. The van der Waals surface area contributed by atoms with Gasteiger partial charge in [0.15, 0.2) is 0 Å². The van der Waals surface area contributed by atoms with E-state index >= 15 is 0 Å². The van der Waals surface area contributed by atoms with Crippen LogP contribution in [0.2, 0.25) is 0 Å².